The summed E-state index contributed by atoms with van der Waals surface area (Å²) in [6.45, 7) is 1.55. The van der Waals surface area contributed by atoms with Crippen molar-refractivity contribution in [1.29, 1.82) is 0 Å². The quantitative estimate of drug-likeness (QED) is 0.690. The van der Waals surface area contributed by atoms with Crippen molar-refractivity contribution in [2.24, 2.45) is 0 Å². The van der Waals surface area contributed by atoms with Crippen LogP contribution in [0.4, 0.5) is 0 Å². The summed E-state index contributed by atoms with van der Waals surface area (Å²) in [5.74, 6) is -2.96. The predicted octanol–water partition coefficient (Wildman–Crippen LogP) is 0.964. The zero-order valence-electron chi connectivity index (χ0n) is 10.3. The number of rotatable bonds is 6. The van der Waals surface area contributed by atoms with Crippen molar-refractivity contribution in [3.05, 3.63) is 28.2 Å². The molecule has 0 spiro atoms. The van der Waals surface area contributed by atoms with Crippen molar-refractivity contribution < 1.29 is 28.2 Å². The van der Waals surface area contributed by atoms with Gasteiger partial charge in [-0.3, -0.25) is 9.59 Å². The van der Waals surface area contributed by atoms with Crippen LogP contribution in [-0.2, 0) is 19.6 Å². The lowest BCUT2D eigenvalue weighted by Crippen LogP contribution is -2.42. The molecular formula is C11H12BrNO6S. The average molecular weight is 366 g/mol. The van der Waals surface area contributed by atoms with Gasteiger partial charge in [0, 0.05) is 4.47 Å². The second kappa shape index (κ2) is 6.33. The van der Waals surface area contributed by atoms with Crippen LogP contribution in [0.2, 0.25) is 0 Å². The first kappa shape index (κ1) is 16.6. The van der Waals surface area contributed by atoms with E-state index in [1.807, 2.05) is 4.72 Å². The largest absolute Gasteiger partial charge is 0.481 e. The highest BCUT2D eigenvalue weighted by Crippen LogP contribution is 2.20. The zero-order chi connectivity index (χ0) is 15.5. The van der Waals surface area contributed by atoms with E-state index in [1.54, 1.807) is 19.1 Å². The number of sulfonamides is 1. The minimum Gasteiger partial charge on any atom is -0.481 e. The smallest absolute Gasteiger partial charge is 0.322 e. The Kier molecular flexibility index (Phi) is 5.26. The van der Waals surface area contributed by atoms with Gasteiger partial charge in [-0.1, -0.05) is 22.0 Å². The van der Waals surface area contributed by atoms with Gasteiger partial charge in [-0.05, 0) is 24.6 Å². The minimum atomic E-state index is -4.13. The highest BCUT2D eigenvalue weighted by atomic mass is 79.9. The van der Waals surface area contributed by atoms with Gasteiger partial charge in [0.2, 0.25) is 10.0 Å². The molecule has 0 radical (unpaired) electrons. The van der Waals surface area contributed by atoms with E-state index < -0.39 is 34.4 Å². The first-order valence-electron chi connectivity index (χ1n) is 5.36. The van der Waals surface area contributed by atoms with Gasteiger partial charge < -0.3 is 10.2 Å². The standard InChI is InChI=1S/C11H12BrNO6S/c1-6-2-3-7(12)4-9(6)20(18,19)13-8(11(16)17)5-10(14)15/h2-4,8,13H,5H2,1H3,(H,14,15)(H,16,17). The molecule has 1 aromatic rings. The molecule has 0 bridgehead atoms. The summed E-state index contributed by atoms with van der Waals surface area (Å²) in [4.78, 5) is 21.3. The van der Waals surface area contributed by atoms with Crippen molar-refractivity contribution >= 4 is 37.9 Å². The number of aliphatic carboxylic acids is 2. The number of aryl methyl sites for hydroxylation is 1. The molecule has 3 N–H and O–H groups in total. The van der Waals surface area contributed by atoms with Crippen LogP contribution in [0.5, 0.6) is 0 Å². The van der Waals surface area contributed by atoms with E-state index in [9.17, 15) is 18.0 Å². The van der Waals surface area contributed by atoms with Crippen LogP contribution in [-0.4, -0.2) is 36.6 Å². The number of benzene rings is 1. The molecule has 1 unspecified atom stereocenters. The van der Waals surface area contributed by atoms with Crippen LogP contribution in [0.15, 0.2) is 27.6 Å². The highest BCUT2D eigenvalue weighted by molar-refractivity contribution is 9.10. The Morgan fingerprint density at radius 3 is 2.45 bits per heavy atom. The van der Waals surface area contributed by atoms with Gasteiger partial charge >= 0.3 is 11.9 Å². The molecule has 0 aliphatic heterocycles. The molecule has 7 nitrogen and oxygen atoms in total. The summed E-state index contributed by atoms with van der Waals surface area (Å²) in [5, 5.41) is 17.4. The van der Waals surface area contributed by atoms with Crippen molar-refractivity contribution in [3.63, 3.8) is 0 Å². The molecule has 1 rings (SSSR count). The Hall–Kier alpha value is -1.45. The molecule has 1 aromatic carbocycles. The SMILES string of the molecule is Cc1ccc(Br)cc1S(=O)(=O)NC(CC(=O)O)C(=O)O. The van der Waals surface area contributed by atoms with Crippen molar-refractivity contribution in [2.75, 3.05) is 0 Å². The highest BCUT2D eigenvalue weighted by Gasteiger charge is 2.28. The molecule has 0 saturated carbocycles. The third-order valence-corrected chi connectivity index (χ3v) is 4.52. The molecular weight excluding hydrogens is 354 g/mol. The van der Waals surface area contributed by atoms with E-state index in [0.717, 1.165) is 0 Å². The first-order valence-corrected chi connectivity index (χ1v) is 7.64. The topological polar surface area (TPSA) is 121 Å². The summed E-state index contributed by atoms with van der Waals surface area (Å²) < 4.78 is 26.6. The van der Waals surface area contributed by atoms with Crippen molar-refractivity contribution in [3.8, 4) is 0 Å². The number of carboxylic acid groups (broad SMARTS) is 2. The van der Waals surface area contributed by atoms with Gasteiger partial charge in [0.15, 0.2) is 0 Å². The summed E-state index contributed by atoms with van der Waals surface area (Å²) in [7, 11) is -4.13. The summed E-state index contributed by atoms with van der Waals surface area (Å²) in [6, 6.07) is 2.78. The Bertz CT molecular complexity index is 642. The van der Waals surface area contributed by atoms with E-state index in [1.165, 1.54) is 6.07 Å². The normalized spacial score (nSPS) is 12.9. The van der Waals surface area contributed by atoms with E-state index >= 15 is 0 Å². The summed E-state index contributed by atoms with van der Waals surface area (Å²) in [5.41, 5.74) is 0.417. The third kappa shape index (κ3) is 4.29. The Labute approximate surface area is 123 Å². The second-order valence-corrected chi connectivity index (χ2v) is 6.62. The van der Waals surface area contributed by atoms with Gasteiger partial charge in [-0.25, -0.2) is 8.42 Å². The number of hydrogen-bond acceptors (Lipinski definition) is 4. The molecule has 0 aliphatic carbocycles. The molecule has 0 aromatic heterocycles. The zero-order valence-corrected chi connectivity index (χ0v) is 12.7. The molecule has 20 heavy (non-hydrogen) atoms. The molecule has 0 aliphatic rings. The maximum Gasteiger partial charge on any atom is 0.322 e. The monoisotopic (exact) mass is 365 g/mol. The molecule has 0 heterocycles. The summed E-state index contributed by atoms with van der Waals surface area (Å²) >= 11 is 3.12. The van der Waals surface area contributed by atoms with Gasteiger partial charge in [0.05, 0.1) is 11.3 Å². The van der Waals surface area contributed by atoms with Crippen LogP contribution in [0.1, 0.15) is 12.0 Å². The van der Waals surface area contributed by atoms with Gasteiger partial charge in [0.1, 0.15) is 6.04 Å². The fourth-order valence-electron chi connectivity index (χ4n) is 1.47. The van der Waals surface area contributed by atoms with Crippen LogP contribution in [0.3, 0.4) is 0 Å². The molecule has 110 valence electrons. The van der Waals surface area contributed by atoms with E-state index in [2.05, 4.69) is 15.9 Å². The lowest BCUT2D eigenvalue weighted by Gasteiger charge is -2.14. The maximum absolute atomic E-state index is 12.1. The average Bonchev–Trinajstić information content (AvgIpc) is 2.30. The number of carbonyl (C=O) groups is 2. The van der Waals surface area contributed by atoms with E-state index in [4.69, 9.17) is 10.2 Å². The fourth-order valence-corrected chi connectivity index (χ4v) is 3.44. The molecule has 1 atom stereocenters. The van der Waals surface area contributed by atoms with E-state index in [-0.39, 0.29) is 4.90 Å². The second-order valence-electron chi connectivity index (χ2n) is 4.02. The first-order chi connectivity index (χ1) is 9.13. The molecule has 0 fully saturated rings. The Morgan fingerprint density at radius 2 is 1.95 bits per heavy atom. The predicted molar refractivity (Wildman–Crippen MR) is 72.9 cm³/mol. The van der Waals surface area contributed by atoms with Crippen LogP contribution >= 0.6 is 15.9 Å². The minimum absolute atomic E-state index is 0.108. The number of halogens is 1. The van der Waals surface area contributed by atoms with Crippen molar-refractivity contribution in [2.45, 2.75) is 24.3 Å². The summed E-state index contributed by atoms with van der Waals surface area (Å²) in [6.07, 6.45) is -0.846. The van der Waals surface area contributed by atoms with Crippen LogP contribution in [0, 0.1) is 6.92 Å². The van der Waals surface area contributed by atoms with Gasteiger partial charge in [-0.2, -0.15) is 4.72 Å². The Morgan fingerprint density at radius 1 is 1.35 bits per heavy atom. The third-order valence-electron chi connectivity index (χ3n) is 2.41. The van der Waals surface area contributed by atoms with Crippen LogP contribution < -0.4 is 4.72 Å². The van der Waals surface area contributed by atoms with Crippen LogP contribution in [0.25, 0.3) is 0 Å². The lowest BCUT2D eigenvalue weighted by molar-refractivity contribution is -0.145. The van der Waals surface area contributed by atoms with Gasteiger partial charge in [0.25, 0.3) is 0 Å². The fraction of sp³-hybridized carbons (Fsp3) is 0.273. The number of carboxylic acids is 2. The van der Waals surface area contributed by atoms with Crippen molar-refractivity contribution in [1.82, 2.24) is 4.72 Å². The molecule has 0 saturated heterocycles. The molecule has 9 heteroatoms. The van der Waals surface area contributed by atoms with E-state index in [0.29, 0.717) is 10.0 Å². The molecule has 0 amide bonds. The lowest BCUT2D eigenvalue weighted by atomic mass is 10.2. The maximum atomic E-state index is 12.1. The number of nitrogens with one attached hydrogen (secondary N) is 1. The van der Waals surface area contributed by atoms with Gasteiger partial charge in [-0.15, -0.1) is 0 Å². The number of hydrogen-bond donors (Lipinski definition) is 3. The Balaban J connectivity index is 3.12.